The smallest absolute Gasteiger partial charge is 0.0618 e. The zero-order valence-electron chi connectivity index (χ0n) is 6.10. The molecule has 0 aromatic rings. The Morgan fingerprint density at radius 2 is 1.50 bits per heavy atom. The van der Waals surface area contributed by atoms with E-state index in [1.165, 1.54) is 0 Å². The highest BCUT2D eigenvalue weighted by Gasteiger charge is 1.58. The van der Waals surface area contributed by atoms with Crippen LogP contribution < -0.4 is 0 Å². The minimum Gasteiger partial charge on any atom is -0.312 e. The maximum absolute atomic E-state index is 7.62. The molecule has 0 unspecified atom stereocenters. The Morgan fingerprint density at radius 1 is 1.38 bits per heavy atom. The molecule has 0 saturated heterocycles. The predicted molar refractivity (Wildman–Crippen MR) is 35.5 cm³/mol. The van der Waals surface area contributed by atoms with Crippen molar-refractivity contribution < 1.29 is 0 Å². The lowest BCUT2D eigenvalue weighted by molar-refractivity contribution is 0.505. The van der Waals surface area contributed by atoms with Gasteiger partial charge in [-0.3, -0.25) is 0 Å². The molecule has 8 heavy (non-hydrogen) atoms. The molecule has 0 atom stereocenters. The summed E-state index contributed by atoms with van der Waals surface area (Å²) >= 11 is 0. The molecule has 2 heteroatoms. The molecule has 0 radical (unpaired) electrons. The molecular formula is C6H14N2. The SMILES string of the molecule is CCC#N.CN(C)C. The fourth-order valence-electron chi connectivity index (χ4n) is 0. The monoisotopic (exact) mass is 114 g/mol. The van der Waals surface area contributed by atoms with E-state index in [1.807, 2.05) is 39.0 Å². The average molecular weight is 114 g/mol. The van der Waals surface area contributed by atoms with Crippen molar-refractivity contribution in [2.45, 2.75) is 13.3 Å². The van der Waals surface area contributed by atoms with E-state index in [0.717, 1.165) is 0 Å². The van der Waals surface area contributed by atoms with Crippen LogP contribution in [0.2, 0.25) is 0 Å². The molecule has 0 fully saturated rings. The fourth-order valence-corrected chi connectivity index (χ4v) is 0. The number of hydrogen-bond donors (Lipinski definition) is 0. The van der Waals surface area contributed by atoms with Crippen LogP contribution in [0.5, 0.6) is 0 Å². The van der Waals surface area contributed by atoms with Gasteiger partial charge in [0.1, 0.15) is 0 Å². The third-order valence-corrected chi connectivity index (χ3v) is 0.158. The Balaban J connectivity index is 0. The van der Waals surface area contributed by atoms with Gasteiger partial charge in [0.25, 0.3) is 0 Å². The highest BCUT2D eigenvalue weighted by Crippen LogP contribution is 1.58. The summed E-state index contributed by atoms with van der Waals surface area (Å²) in [5, 5.41) is 7.62. The summed E-state index contributed by atoms with van der Waals surface area (Å²) in [4.78, 5) is 2.00. The predicted octanol–water partition coefficient (Wildman–Crippen LogP) is 1.10. The average Bonchev–Trinajstić information content (AvgIpc) is 1.65. The third kappa shape index (κ3) is 533. The van der Waals surface area contributed by atoms with E-state index in [0.29, 0.717) is 6.42 Å². The lowest BCUT2D eigenvalue weighted by atomic mass is 10.6. The van der Waals surface area contributed by atoms with Crippen LogP contribution in [-0.4, -0.2) is 26.0 Å². The summed E-state index contributed by atoms with van der Waals surface area (Å²) in [5.41, 5.74) is 0. The van der Waals surface area contributed by atoms with Crippen molar-refractivity contribution in [3.63, 3.8) is 0 Å². The second-order valence-electron chi connectivity index (χ2n) is 1.85. The minimum atomic E-state index is 0.625. The second kappa shape index (κ2) is 9.67. The molecule has 0 N–H and O–H groups in total. The molecule has 0 amide bonds. The number of hydrogen-bond acceptors (Lipinski definition) is 2. The maximum Gasteiger partial charge on any atom is 0.0618 e. The topological polar surface area (TPSA) is 27.0 Å². The summed E-state index contributed by atoms with van der Waals surface area (Å²) in [5.74, 6) is 0. The van der Waals surface area contributed by atoms with Gasteiger partial charge in [0.05, 0.1) is 6.07 Å². The fraction of sp³-hybridized carbons (Fsp3) is 0.833. The number of nitriles is 1. The summed E-state index contributed by atoms with van der Waals surface area (Å²) in [7, 11) is 6.00. The van der Waals surface area contributed by atoms with Gasteiger partial charge in [-0.05, 0) is 21.1 Å². The van der Waals surface area contributed by atoms with Crippen LogP contribution in [0.4, 0.5) is 0 Å². The van der Waals surface area contributed by atoms with Crippen molar-refractivity contribution in [3.05, 3.63) is 0 Å². The Labute approximate surface area is 51.7 Å². The molecule has 0 aliphatic rings. The van der Waals surface area contributed by atoms with Gasteiger partial charge in [-0.2, -0.15) is 5.26 Å². The van der Waals surface area contributed by atoms with E-state index in [-0.39, 0.29) is 0 Å². The third-order valence-electron chi connectivity index (χ3n) is 0.158. The standard InChI is InChI=1S/C3H9N.C3H5N/c1-4(2)3;1-2-3-4/h1-3H3;2H2,1H3. The highest BCUT2D eigenvalue weighted by molar-refractivity contribution is 4.61. The summed E-state index contributed by atoms with van der Waals surface area (Å²) in [6, 6.07) is 1.93. The molecule has 0 heterocycles. The molecule has 48 valence electrons. The molecule has 0 aliphatic heterocycles. The quantitative estimate of drug-likeness (QED) is 0.471. The van der Waals surface area contributed by atoms with E-state index < -0.39 is 0 Å². The molecule has 0 aromatic heterocycles. The Morgan fingerprint density at radius 3 is 1.50 bits per heavy atom. The van der Waals surface area contributed by atoms with Crippen molar-refractivity contribution in [2.24, 2.45) is 0 Å². The maximum atomic E-state index is 7.62. The van der Waals surface area contributed by atoms with Crippen molar-refractivity contribution in [1.29, 1.82) is 5.26 Å². The first-order valence-corrected chi connectivity index (χ1v) is 2.63. The lowest BCUT2D eigenvalue weighted by Crippen LogP contribution is -1.99. The highest BCUT2D eigenvalue weighted by atomic mass is 15.0. The molecule has 0 aromatic carbocycles. The molecule has 0 spiro atoms. The van der Waals surface area contributed by atoms with Crippen LogP contribution >= 0.6 is 0 Å². The Kier molecular flexibility index (Phi) is 12.6. The first kappa shape index (κ1) is 10.4. The largest absolute Gasteiger partial charge is 0.312 e. The summed E-state index contributed by atoms with van der Waals surface area (Å²) in [6.45, 7) is 1.82. The van der Waals surface area contributed by atoms with E-state index in [9.17, 15) is 0 Å². The van der Waals surface area contributed by atoms with E-state index >= 15 is 0 Å². The van der Waals surface area contributed by atoms with Gasteiger partial charge in [-0.25, -0.2) is 0 Å². The van der Waals surface area contributed by atoms with Gasteiger partial charge in [-0.1, -0.05) is 6.92 Å². The van der Waals surface area contributed by atoms with Crippen molar-refractivity contribution in [3.8, 4) is 6.07 Å². The molecule has 0 aliphatic carbocycles. The van der Waals surface area contributed by atoms with Crippen LogP contribution in [0, 0.1) is 11.3 Å². The zero-order valence-corrected chi connectivity index (χ0v) is 6.10. The van der Waals surface area contributed by atoms with Crippen molar-refractivity contribution in [2.75, 3.05) is 21.1 Å². The van der Waals surface area contributed by atoms with E-state index in [2.05, 4.69) is 0 Å². The van der Waals surface area contributed by atoms with Gasteiger partial charge in [0.15, 0.2) is 0 Å². The summed E-state index contributed by atoms with van der Waals surface area (Å²) in [6.07, 6.45) is 0.625. The van der Waals surface area contributed by atoms with E-state index in [1.54, 1.807) is 0 Å². The zero-order chi connectivity index (χ0) is 6.99. The molecule has 2 nitrogen and oxygen atoms in total. The van der Waals surface area contributed by atoms with Crippen LogP contribution in [-0.2, 0) is 0 Å². The lowest BCUT2D eigenvalue weighted by Gasteiger charge is -1.90. The Hall–Kier alpha value is -0.550. The van der Waals surface area contributed by atoms with Crippen LogP contribution in [0.25, 0.3) is 0 Å². The van der Waals surface area contributed by atoms with Crippen molar-refractivity contribution >= 4 is 0 Å². The van der Waals surface area contributed by atoms with Crippen LogP contribution in [0.3, 0.4) is 0 Å². The molecular weight excluding hydrogens is 100 g/mol. The number of nitrogens with zero attached hydrogens (tertiary/aromatic N) is 2. The number of rotatable bonds is 0. The van der Waals surface area contributed by atoms with Crippen LogP contribution in [0.15, 0.2) is 0 Å². The van der Waals surface area contributed by atoms with E-state index in [4.69, 9.17) is 5.26 Å². The second-order valence-corrected chi connectivity index (χ2v) is 1.85. The van der Waals surface area contributed by atoms with Gasteiger partial charge in [0.2, 0.25) is 0 Å². The molecule has 0 bridgehead atoms. The van der Waals surface area contributed by atoms with Gasteiger partial charge in [-0.15, -0.1) is 0 Å². The Bertz CT molecular complexity index is 58.7. The molecule has 0 saturated carbocycles. The van der Waals surface area contributed by atoms with Crippen LogP contribution in [0.1, 0.15) is 13.3 Å². The minimum absolute atomic E-state index is 0.625. The van der Waals surface area contributed by atoms with Gasteiger partial charge >= 0.3 is 0 Å². The van der Waals surface area contributed by atoms with Gasteiger partial charge < -0.3 is 4.90 Å². The van der Waals surface area contributed by atoms with Crippen molar-refractivity contribution in [1.82, 2.24) is 4.90 Å². The normalized spacial score (nSPS) is 7.00. The van der Waals surface area contributed by atoms with Gasteiger partial charge in [0, 0.05) is 6.42 Å². The first-order valence-electron chi connectivity index (χ1n) is 2.63. The summed E-state index contributed by atoms with van der Waals surface area (Å²) < 4.78 is 0. The molecule has 0 rings (SSSR count). The first-order chi connectivity index (χ1) is 3.65.